The van der Waals surface area contributed by atoms with Crippen molar-refractivity contribution in [3.63, 3.8) is 0 Å². The van der Waals surface area contributed by atoms with E-state index in [1.165, 1.54) is 6.92 Å². The predicted molar refractivity (Wildman–Crippen MR) is 44.0 cm³/mol. The average molecular weight is 186 g/mol. The number of esters is 1. The Morgan fingerprint density at radius 3 is 3.00 bits per heavy atom. The zero-order valence-corrected chi connectivity index (χ0v) is 7.60. The Labute approximate surface area is 76.8 Å². The van der Waals surface area contributed by atoms with Gasteiger partial charge in [-0.2, -0.15) is 0 Å². The van der Waals surface area contributed by atoms with E-state index in [-0.39, 0.29) is 30.2 Å². The number of fused-ring (bicyclic) bond motifs is 1. The van der Waals surface area contributed by atoms with Crippen molar-refractivity contribution in [1.82, 2.24) is 0 Å². The highest BCUT2D eigenvalue weighted by molar-refractivity contribution is 5.65. The number of aliphatic hydroxyl groups excluding tert-OH is 1. The van der Waals surface area contributed by atoms with E-state index in [1.807, 2.05) is 0 Å². The molecule has 2 aliphatic rings. The first-order valence-corrected chi connectivity index (χ1v) is 4.65. The summed E-state index contributed by atoms with van der Waals surface area (Å²) in [7, 11) is 0. The monoisotopic (exact) mass is 186 g/mol. The first kappa shape index (κ1) is 8.97. The summed E-state index contributed by atoms with van der Waals surface area (Å²) in [6.45, 7) is 1.78. The number of hydrogen-bond donors (Lipinski definition) is 1. The van der Waals surface area contributed by atoms with Crippen LogP contribution in [0.25, 0.3) is 0 Å². The number of hydrogen-bond acceptors (Lipinski definition) is 4. The van der Waals surface area contributed by atoms with Gasteiger partial charge in [-0.05, 0) is 6.42 Å². The maximum atomic E-state index is 10.5. The standard InChI is InChI=1S/C9H14O4/c1-5(10)12-3-2-6-7(11)4-8-9(6)13-8/h6-9,11H,2-4H2,1H3/t6-,7-,8+,9-/m0/s1. The van der Waals surface area contributed by atoms with Gasteiger partial charge >= 0.3 is 5.97 Å². The predicted octanol–water partition coefficient (Wildman–Crippen LogP) is 0.0878. The third-order valence-corrected chi connectivity index (χ3v) is 2.77. The molecule has 0 aromatic rings. The molecular formula is C9H14O4. The molecule has 2 fully saturated rings. The number of carbonyl (C=O) groups excluding carboxylic acids is 1. The Hall–Kier alpha value is -0.610. The summed E-state index contributed by atoms with van der Waals surface area (Å²) in [4.78, 5) is 10.5. The molecule has 1 aliphatic carbocycles. The average Bonchev–Trinajstić information content (AvgIpc) is 2.71. The van der Waals surface area contributed by atoms with Gasteiger partial charge in [0, 0.05) is 19.3 Å². The first-order valence-electron chi connectivity index (χ1n) is 4.65. The van der Waals surface area contributed by atoms with Gasteiger partial charge in [-0.15, -0.1) is 0 Å². The summed E-state index contributed by atoms with van der Waals surface area (Å²) in [5, 5.41) is 9.53. The molecule has 0 amide bonds. The Bertz CT molecular complexity index is 214. The summed E-state index contributed by atoms with van der Waals surface area (Å²) >= 11 is 0. The van der Waals surface area contributed by atoms with Gasteiger partial charge in [0.05, 0.1) is 24.9 Å². The third-order valence-electron chi connectivity index (χ3n) is 2.77. The van der Waals surface area contributed by atoms with Crippen LogP contribution in [0.3, 0.4) is 0 Å². The van der Waals surface area contributed by atoms with Gasteiger partial charge < -0.3 is 14.6 Å². The van der Waals surface area contributed by atoms with Crippen LogP contribution in [0.1, 0.15) is 19.8 Å². The highest BCUT2D eigenvalue weighted by atomic mass is 16.6. The van der Waals surface area contributed by atoms with Gasteiger partial charge in [0.1, 0.15) is 0 Å². The Morgan fingerprint density at radius 2 is 2.46 bits per heavy atom. The number of rotatable bonds is 3. The maximum absolute atomic E-state index is 10.5. The zero-order chi connectivity index (χ0) is 9.42. The maximum Gasteiger partial charge on any atom is 0.302 e. The molecule has 4 nitrogen and oxygen atoms in total. The SMILES string of the molecule is CC(=O)OCC[C@@H]1[C@@H]2O[C@@H]2C[C@@H]1O. The summed E-state index contributed by atoms with van der Waals surface area (Å²) in [5.41, 5.74) is 0. The van der Waals surface area contributed by atoms with Crippen molar-refractivity contribution < 1.29 is 19.4 Å². The van der Waals surface area contributed by atoms with Gasteiger partial charge in [0.2, 0.25) is 0 Å². The normalized spacial score (nSPS) is 41.4. The van der Waals surface area contributed by atoms with Crippen molar-refractivity contribution in [3.8, 4) is 0 Å². The molecule has 0 unspecified atom stereocenters. The van der Waals surface area contributed by atoms with Gasteiger partial charge in [-0.25, -0.2) is 0 Å². The highest BCUT2D eigenvalue weighted by Gasteiger charge is 2.54. The van der Waals surface area contributed by atoms with Gasteiger partial charge in [-0.1, -0.05) is 0 Å². The molecule has 0 spiro atoms. The quantitative estimate of drug-likeness (QED) is 0.501. The molecular weight excluding hydrogens is 172 g/mol. The fourth-order valence-corrected chi connectivity index (χ4v) is 2.05. The van der Waals surface area contributed by atoms with E-state index in [0.717, 1.165) is 6.42 Å². The minimum absolute atomic E-state index is 0.171. The molecule has 2 rings (SSSR count). The van der Waals surface area contributed by atoms with Crippen LogP contribution in [-0.2, 0) is 14.3 Å². The molecule has 13 heavy (non-hydrogen) atoms. The minimum atomic E-state index is -0.265. The van der Waals surface area contributed by atoms with Crippen LogP contribution in [0.4, 0.5) is 0 Å². The number of epoxide rings is 1. The molecule has 1 aliphatic heterocycles. The molecule has 4 heteroatoms. The van der Waals surface area contributed by atoms with E-state index in [4.69, 9.17) is 9.47 Å². The summed E-state index contributed by atoms with van der Waals surface area (Å²) in [6, 6.07) is 0. The molecule has 1 heterocycles. The van der Waals surface area contributed by atoms with Crippen LogP contribution in [0, 0.1) is 5.92 Å². The molecule has 1 saturated heterocycles. The van der Waals surface area contributed by atoms with Crippen molar-refractivity contribution in [1.29, 1.82) is 0 Å². The first-order chi connectivity index (χ1) is 6.18. The van der Waals surface area contributed by atoms with Crippen molar-refractivity contribution in [2.24, 2.45) is 5.92 Å². The lowest BCUT2D eigenvalue weighted by atomic mass is 10.0. The number of ether oxygens (including phenoxy) is 2. The minimum Gasteiger partial charge on any atom is -0.466 e. The Balaban J connectivity index is 1.72. The Morgan fingerprint density at radius 1 is 1.69 bits per heavy atom. The summed E-state index contributed by atoms with van der Waals surface area (Å²) < 4.78 is 10.1. The van der Waals surface area contributed by atoms with Crippen molar-refractivity contribution in [3.05, 3.63) is 0 Å². The second kappa shape index (κ2) is 3.27. The lowest BCUT2D eigenvalue weighted by Gasteiger charge is -2.15. The lowest BCUT2D eigenvalue weighted by Crippen LogP contribution is -2.22. The van der Waals surface area contributed by atoms with E-state index in [0.29, 0.717) is 13.0 Å². The van der Waals surface area contributed by atoms with Crippen molar-refractivity contribution >= 4 is 5.97 Å². The molecule has 1 saturated carbocycles. The van der Waals surface area contributed by atoms with E-state index in [1.54, 1.807) is 0 Å². The molecule has 0 radical (unpaired) electrons. The smallest absolute Gasteiger partial charge is 0.302 e. The second-order valence-electron chi connectivity index (χ2n) is 3.73. The summed E-state index contributed by atoms with van der Waals surface area (Å²) in [6.07, 6.45) is 1.69. The number of carbonyl (C=O) groups is 1. The molecule has 74 valence electrons. The molecule has 4 atom stereocenters. The van der Waals surface area contributed by atoms with E-state index in [2.05, 4.69) is 0 Å². The van der Waals surface area contributed by atoms with E-state index in [9.17, 15) is 9.90 Å². The van der Waals surface area contributed by atoms with Crippen LogP contribution in [-0.4, -0.2) is 36.0 Å². The van der Waals surface area contributed by atoms with Crippen molar-refractivity contribution in [2.75, 3.05) is 6.61 Å². The molecule has 0 aromatic carbocycles. The van der Waals surface area contributed by atoms with Crippen molar-refractivity contribution in [2.45, 2.75) is 38.1 Å². The topological polar surface area (TPSA) is 59.1 Å². The van der Waals surface area contributed by atoms with E-state index >= 15 is 0 Å². The third kappa shape index (κ3) is 1.84. The fourth-order valence-electron chi connectivity index (χ4n) is 2.05. The van der Waals surface area contributed by atoms with Crippen LogP contribution in [0.2, 0.25) is 0 Å². The number of aliphatic hydroxyl groups is 1. The van der Waals surface area contributed by atoms with Crippen LogP contribution < -0.4 is 0 Å². The summed E-state index contributed by atoms with van der Waals surface area (Å²) in [5.74, 6) is -0.0925. The molecule has 0 aromatic heterocycles. The zero-order valence-electron chi connectivity index (χ0n) is 7.60. The lowest BCUT2D eigenvalue weighted by molar-refractivity contribution is -0.141. The van der Waals surface area contributed by atoms with Gasteiger partial charge in [0.15, 0.2) is 0 Å². The van der Waals surface area contributed by atoms with Crippen LogP contribution in [0.5, 0.6) is 0 Å². The van der Waals surface area contributed by atoms with Gasteiger partial charge in [-0.3, -0.25) is 4.79 Å². The molecule has 1 N–H and O–H groups in total. The largest absolute Gasteiger partial charge is 0.466 e. The van der Waals surface area contributed by atoms with Crippen LogP contribution >= 0.6 is 0 Å². The van der Waals surface area contributed by atoms with E-state index < -0.39 is 0 Å². The van der Waals surface area contributed by atoms with Crippen LogP contribution in [0.15, 0.2) is 0 Å². The Kier molecular flexibility index (Phi) is 2.26. The molecule has 0 bridgehead atoms. The fraction of sp³-hybridized carbons (Fsp3) is 0.889. The highest BCUT2D eigenvalue weighted by Crippen LogP contribution is 2.44. The second-order valence-corrected chi connectivity index (χ2v) is 3.73. The van der Waals surface area contributed by atoms with Gasteiger partial charge in [0.25, 0.3) is 0 Å².